The molecule has 1 N–H and O–H groups in total. The smallest absolute Gasteiger partial charge is 0.261 e. The molecule has 0 aliphatic rings. The third kappa shape index (κ3) is 3.41. The van der Waals surface area contributed by atoms with Crippen molar-refractivity contribution in [3.8, 4) is 5.75 Å². The van der Waals surface area contributed by atoms with Gasteiger partial charge in [-0.1, -0.05) is 23.5 Å². The molecule has 0 atom stereocenters. The number of fused-ring (bicyclic) bond motifs is 1. The van der Waals surface area contributed by atoms with Crippen LogP contribution in [0.2, 0.25) is 0 Å². The molecule has 0 fully saturated rings. The number of anilines is 1. The Balaban J connectivity index is 1.91. The van der Waals surface area contributed by atoms with Crippen molar-refractivity contribution in [1.29, 1.82) is 0 Å². The SMILES string of the molecule is COc1ccccc1C(=O)Nc1nc2ccc(S(=O)(=O)N(C)C)cc2s1. The first-order valence-electron chi connectivity index (χ1n) is 7.60. The van der Waals surface area contributed by atoms with Crippen molar-refractivity contribution in [2.24, 2.45) is 0 Å². The number of nitrogens with one attached hydrogen (secondary N) is 1. The Hall–Kier alpha value is -2.49. The summed E-state index contributed by atoms with van der Waals surface area (Å²) in [6.07, 6.45) is 0. The lowest BCUT2D eigenvalue weighted by molar-refractivity contribution is 0.102. The van der Waals surface area contributed by atoms with E-state index in [1.807, 2.05) is 0 Å². The lowest BCUT2D eigenvalue weighted by Gasteiger charge is -2.10. The van der Waals surface area contributed by atoms with Crippen LogP contribution in [0.1, 0.15) is 10.4 Å². The molecule has 0 aliphatic heterocycles. The number of rotatable bonds is 5. The summed E-state index contributed by atoms with van der Waals surface area (Å²) in [5.41, 5.74) is 1.01. The Morgan fingerprint density at radius 1 is 1.19 bits per heavy atom. The summed E-state index contributed by atoms with van der Waals surface area (Å²) in [7, 11) is 0.925. The first kappa shape index (κ1) is 18.3. The van der Waals surface area contributed by atoms with Gasteiger partial charge in [-0.05, 0) is 30.3 Å². The number of hydrogen-bond donors (Lipinski definition) is 1. The number of thiazole rings is 1. The van der Waals surface area contributed by atoms with Gasteiger partial charge in [0.2, 0.25) is 10.0 Å². The van der Waals surface area contributed by atoms with E-state index in [2.05, 4.69) is 10.3 Å². The molecule has 0 saturated heterocycles. The number of nitrogens with zero attached hydrogens (tertiary/aromatic N) is 2. The third-order valence-corrected chi connectivity index (χ3v) is 6.46. The number of hydrogen-bond acceptors (Lipinski definition) is 6. The minimum Gasteiger partial charge on any atom is -0.496 e. The fraction of sp³-hybridized carbons (Fsp3) is 0.176. The zero-order valence-electron chi connectivity index (χ0n) is 14.4. The Kier molecular flexibility index (Phi) is 4.94. The van der Waals surface area contributed by atoms with Crippen LogP contribution in [0.25, 0.3) is 10.2 Å². The maximum absolute atomic E-state index is 12.5. The van der Waals surface area contributed by atoms with Gasteiger partial charge in [0.1, 0.15) is 5.75 Å². The summed E-state index contributed by atoms with van der Waals surface area (Å²) >= 11 is 1.21. The molecule has 1 aromatic heterocycles. The molecule has 0 spiro atoms. The summed E-state index contributed by atoms with van der Waals surface area (Å²) in [6.45, 7) is 0. The molecule has 9 heteroatoms. The average Bonchev–Trinajstić information content (AvgIpc) is 3.02. The van der Waals surface area contributed by atoms with Crippen LogP contribution in [-0.4, -0.2) is 44.8 Å². The van der Waals surface area contributed by atoms with Crippen molar-refractivity contribution in [1.82, 2.24) is 9.29 Å². The molecule has 1 amide bonds. The van der Waals surface area contributed by atoms with E-state index < -0.39 is 10.0 Å². The first-order valence-corrected chi connectivity index (χ1v) is 9.86. The fourth-order valence-corrected chi connectivity index (χ4v) is 4.23. The number of sulfonamides is 1. The van der Waals surface area contributed by atoms with E-state index in [0.717, 1.165) is 4.31 Å². The molecule has 3 rings (SSSR count). The van der Waals surface area contributed by atoms with Crippen LogP contribution in [0, 0.1) is 0 Å². The van der Waals surface area contributed by atoms with Crippen molar-refractivity contribution < 1.29 is 17.9 Å². The number of carbonyl (C=O) groups excluding carboxylic acids is 1. The molecule has 7 nitrogen and oxygen atoms in total. The number of amides is 1. The van der Waals surface area contributed by atoms with Gasteiger partial charge in [-0.25, -0.2) is 17.7 Å². The molecule has 1 heterocycles. The third-order valence-electron chi connectivity index (χ3n) is 3.71. The number of aromatic nitrogens is 1. The standard InChI is InChI=1S/C17H17N3O4S2/c1-20(2)26(22,23)11-8-9-13-15(10-11)25-17(18-13)19-16(21)12-6-4-5-7-14(12)24-3/h4-10H,1-3H3,(H,18,19,21). The van der Waals surface area contributed by atoms with Crippen molar-refractivity contribution in [2.45, 2.75) is 4.90 Å². The lowest BCUT2D eigenvalue weighted by atomic mass is 10.2. The van der Waals surface area contributed by atoms with Crippen LogP contribution < -0.4 is 10.1 Å². The number of para-hydroxylation sites is 1. The van der Waals surface area contributed by atoms with Crippen LogP contribution in [0.4, 0.5) is 5.13 Å². The zero-order valence-corrected chi connectivity index (χ0v) is 16.0. The first-order chi connectivity index (χ1) is 12.3. The van der Waals surface area contributed by atoms with Crippen molar-refractivity contribution in [3.05, 3.63) is 48.0 Å². The van der Waals surface area contributed by atoms with Gasteiger partial charge in [-0.2, -0.15) is 0 Å². The number of methoxy groups -OCH3 is 1. The molecule has 26 heavy (non-hydrogen) atoms. The van der Waals surface area contributed by atoms with Crippen molar-refractivity contribution in [3.63, 3.8) is 0 Å². The minimum atomic E-state index is -3.53. The Morgan fingerprint density at radius 3 is 2.62 bits per heavy atom. The van der Waals surface area contributed by atoms with E-state index >= 15 is 0 Å². The van der Waals surface area contributed by atoms with Gasteiger partial charge in [0.05, 0.1) is 27.8 Å². The Morgan fingerprint density at radius 2 is 1.92 bits per heavy atom. The molecular weight excluding hydrogens is 374 g/mol. The highest BCUT2D eigenvalue weighted by Crippen LogP contribution is 2.29. The van der Waals surface area contributed by atoms with E-state index in [0.29, 0.717) is 26.7 Å². The summed E-state index contributed by atoms with van der Waals surface area (Å²) in [6, 6.07) is 11.6. The second-order valence-corrected chi connectivity index (χ2v) is 8.77. The van der Waals surface area contributed by atoms with Crippen LogP contribution in [0.5, 0.6) is 5.75 Å². The van der Waals surface area contributed by atoms with Crippen LogP contribution in [0.3, 0.4) is 0 Å². The number of benzene rings is 2. The molecule has 0 unspecified atom stereocenters. The number of carbonyl (C=O) groups is 1. The van der Waals surface area contributed by atoms with E-state index in [1.165, 1.54) is 38.6 Å². The van der Waals surface area contributed by atoms with Gasteiger partial charge >= 0.3 is 0 Å². The molecule has 0 saturated carbocycles. The van der Waals surface area contributed by atoms with Gasteiger partial charge in [0.25, 0.3) is 5.91 Å². The molecule has 0 bridgehead atoms. The predicted molar refractivity (Wildman–Crippen MR) is 101 cm³/mol. The van der Waals surface area contributed by atoms with Crippen molar-refractivity contribution in [2.75, 3.05) is 26.5 Å². The molecule has 136 valence electrons. The maximum Gasteiger partial charge on any atom is 0.261 e. The highest BCUT2D eigenvalue weighted by molar-refractivity contribution is 7.89. The normalized spacial score (nSPS) is 11.7. The molecule has 2 aromatic carbocycles. The molecule has 0 radical (unpaired) electrons. The fourth-order valence-electron chi connectivity index (χ4n) is 2.33. The predicted octanol–water partition coefficient (Wildman–Crippen LogP) is 2.81. The van der Waals surface area contributed by atoms with E-state index in [-0.39, 0.29) is 10.8 Å². The van der Waals surface area contributed by atoms with Crippen LogP contribution in [-0.2, 0) is 10.0 Å². The summed E-state index contributed by atoms with van der Waals surface area (Å²) in [5, 5.41) is 3.12. The van der Waals surface area contributed by atoms with Crippen LogP contribution in [0.15, 0.2) is 47.4 Å². The Bertz CT molecular complexity index is 1070. The summed E-state index contributed by atoms with van der Waals surface area (Å²) < 4.78 is 31.5. The topological polar surface area (TPSA) is 88.6 Å². The van der Waals surface area contributed by atoms with Crippen molar-refractivity contribution >= 4 is 42.6 Å². The number of ether oxygens (including phenoxy) is 1. The summed E-state index contributed by atoms with van der Waals surface area (Å²) in [5.74, 6) is 0.119. The second-order valence-electron chi connectivity index (χ2n) is 5.59. The van der Waals surface area contributed by atoms with Gasteiger partial charge in [-0.3, -0.25) is 10.1 Å². The molecular formula is C17H17N3O4S2. The molecule has 3 aromatic rings. The monoisotopic (exact) mass is 391 g/mol. The van der Waals surface area contributed by atoms with Gasteiger partial charge in [0.15, 0.2) is 5.13 Å². The highest BCUT2D eigenvalue weighted by atomic mass is 32.2. The Labute approximate surface area is 155 Å². The van der Waals surface area contributed by atoms with Gasteiger partial charge in [-0.15, -0.1) is 0 Å². The largest absolute Gasteiger partial charge is 0.496 e. The molecule has 0 aliphatic carbocycles. The second kappa shape index (κ2) is 7.02. The zero-order chi connectivity index (χ0) is 18.9. The van der Waals surface area contributed by atoms with E-state index in [1.54, 1.807) is 36.4 Å². The quantitative estimate of drug-likeness (QED) is 0.722. The van der Waals surface area contributed by atoms with Gasteiger partial charge < -0.3 is 4.74 Å². The van der Waals surface area contributed by atoms with E-state index in [4.69, 9.17) is 4.74 Å². The minimum absolute atomic E-state index is 0.182. The highest BCUT2D eigenvalue weighted by Gasteiger charge is 2.19. The maximum atomic E-state index is 12.5. The van der Waals surface area contributed by atoms with Gasteiger partial charge in [0, 0.05) is 14.1 Å². The summed E-state index contributed by atoms with van der Waals surface area (Å²) in [4.78, 5) is 17.0. The van der Waals surface area contributed by atoms with Crippen LogP contribution >= 0.6 is 11.3 Å². The van der Waals surface area contributed by atoms with E-state index in [9.17, 15) is 13.2 Å². The lowest BCUT2D eigenvalue weighted by Crippen LogP contribution is -2.22. The average molecular weight is 391 g/mol.